The zero-order valence-corrected chi connectivity index (χ0v) is 16.4. The standard InChI is InChI=1S/C22H30O3/c1-15-12-17(8-10-19(15)24-14-23)22(6,7)18-9-11-20(16(2)13-18)25-21(3,4)5/h8-13,23H,14H2,1-7H3. The highest BCUT2D eigenvalue weighted by molar-refractivity contribution is 5.47. The van der Waals surface area contributed by atoms with Crippen molar-refractivity contribution in [3.05, 3.63) is 58.7 Å². The number of hydrogen-bond donors (Lipinski definition) is 1. The fraction of sp³-hybridized carbons (Fsp3) is 0.455. The van der Waals surface area contributed by atoms with Crippen LogP contribution in [0.2, 0.25) is 0 Å². The summed E-state index contributed by atoms with van der Waals surface area (Å²) in [5.74, 6) is 1.64. The molecule has 0 fully saturated rings. The molecule has 0 aliphatic carbocycles. The van der Waals surface area contributed by atoms with Crippen LogP contribution in [0.5, 0.6) is 11.5 Å². The first-order chi connectivity index (χ1) is 11.5. The van der Waals surface area contributed by atoms with Gasteiger partial charge in [0.2, 0.25) is 0 Å². The number of hydrogen-bond acceptors (Lipinski definition) is 3. The predicted octanol–water partition coefficient (Wildman–Crippen LogP) is 5.14. The van der Waals surface area contributed by atoms with Gasteiger partial charge in [0, 0.05) is 5.41 Å². The smallest absolute Gasteiger partial charge is 0.186 e. The number of ether oxygens (including phenoxy) is 2. The number of aliphatic hydroxyl groups excluding tert-OH is 1. The van der Waals surface area contributed by atoms with Gasteiger partial charge in [-0.15, -0.1) is 0 Å². The second kappa shape index (κ2) is 7.09. The van der Waals surface area contributed by atoms with Gasteiger partial charge in [-0.05, 0) is 69.0 Å². The van der Waals surface area contributed by atoms with E-state index in [1.54, 1.807) is 0 Å². The van der Waals surface area contributed by atoms with Gasteiger partial charge in [-0.25, -0.2) is 0 Å². The second-order valence-corrected chi connectivity index (χ2v) is 8.07. The molecule has 0 heterocycles. The second-order valence-electron chi connectivity index (χ2n) is 8.07. The molecule has 0 atom stereocenters. The highest BCUT2D eigenvalue weighted by Crippen LogP contribution is 2.36. The van der Waals surface area contributed by atoms with Crippen LogP contribution in [0, 0.1) is 13.8 Å². The molecule has 0 unspecified atom stereocenters. The minimum Gasteiger partial charge on any atom is -0.488 e. The van der Waals surface area contributed by atoms with E-state index in [1.807, 2.05) is 13.0 Å². The molecular weight excluding hydrogens is 312 g/mol. The average Bonchev–Trinajstić information content (AvgIpc) is 2.50. The van der Waals surface area contributed by atoms with Crippen molar-refractivity contribution in [2.75, 3.05) is 6.79 Å². The van der Waals surface area contributed by atoms with Gasteiger partial charge in [-0.1, -0.05) is 38.1 Å². The van der Waals surface area contributed by atoms with E-state index in [4.69, 9.17) is 14.6 Å². The Labute approximate surface area is 151 Å². The van der Waals surface area contributed by atoms with Crippen LogP contribution in [-0.2, 0) is 5.41 Å². The monoisotopic (exact) mass is 342 g/mol. The highest BCUT2D eigenvalue weighted by atomic mass is 16.6. The van der Waals surface area contributed by atoms with E-state index < -0.39 is 0 Å². The molecule has 0 aliphatic rings. The summed E-state index contributed by atoms with van der Waals surface area (Å²) in [7, 11) is 0. The quantitative estimate of drug-likeness (QED) is 0.765. The lowest BCUT2D eigenvalue weighted by molar-refractivity contribution is 0.0978. The first-order valence-electron chi connectivity index (χ1n) is 8.69. The van der Waals surface area contributed by atoms with E-state index in [-0.39, 0.29) is 17.8 Å². The van der Waals surface area contributed by atoms with Crippen LogP contribution in [0.4, 0.5) is 0 Å². The fourth-order valence-electron chi connectivity index (χ4n) is 2.92. The van der Waals surface area contributed by atoms with Crippen molar-refractivity contribution in [1.29, 1.82) is 0 Å². The summed E-state index contributed by atoms with van der Waals surface area (Å²) in [6.07, 6.45) is 0. The van der Waals surface area contributed by atoms with Gasteiger partial charge in [0.25, 0.3) is 0 Å². The van der Waals surface area contributed by atoms with Crippen LogP contribution in [0.25, 0.3) is 0 Å². The van der Waals surface area contributed by atoms with Crippen LogP contribution in [0.3, 0.4) is 0 Å². The molecule has 136 valence electrons. The van der Waals surface area contributed by atoms with Crippen molar-refractivity contribution in [1.82, 2.24) is 0 Å². The maximum absolute atomic E-state index is 8.95. The minimum atomic E-state index is -0.308. The molecule has 0 aliphatic heterocycles. The van der Waals surface area contributed by atoms with E-state index in [2.05, 4.69) is 71.9 Å². The summed E-state index contributed by atoms with van der Waals surface area (Å²) in [5.41, 5.74) is 4.25. The van der Waals surface area contributed by atoms with Crippen molar-refractivity contribution in [2.45, 2.75) is 59.5 Å². The molecule has 0 amide bonds. The molecule has 0 saturated carbocycles. The third kappa shape index (κ3) is 4.55. The van der Waals surface area contributed by atoms with Gasteiger partial charge in [0.15, 0.2) is 6.79 Å². The van der Waals surface area contributed by atoms with E-state index in [0.717, 1.165) is 16.9 Å². The van der Waals surface area contributed by atoms with Crippen LogP contribution in [0.1, 0.15) is 56.9 Å². The van der Waals surface area contributed by atoms with Gasteiger partial charge in [0.05, 0.1) is 0 Å². The Balaban J connectivity index is 2.36. The zero-order valence-electron chi connectivity index (χ0n) is 16.4. The van der Waals surface area contributed by atoms with Crippen molar-refractivity contribution in [2.24, 2.45) is 0 Å². The van der Waals surface area contributed by atoms with Crippen molar-refractivity contribution in [3.8, 4) is 11.5 Å². The Morgan fingerprint density at radius 3 is 1.68 bits per heavy atom. The van der Waals surface area contributed by atoms with Crippen LogP contribution >= 0.6 is 0 Å². The van der Waals surface area contributed by atoms with Gasteiger partial charge in [0.1, 0.15) is 17.1 Å². The largest absolute Gasteiger partial charge is 0.488 e. The number of aliphatic hydroxyl groups is 1. The van der Waals surface area contributed by atoms with Gasteiger partial charge < -0.3 is 14.6 Å². The van der Waals surface area contributed by atoms with Crippen molar-refractivity contribution in [3.63, 3.8) is 0 Å². The lowest BCUT2D eigenvalue weighted by Gasteiger charge is -2.29. The van der Waals surface area contributed by atoms with E-state index in [9.17, 15) is 0 Å². The fourth-order valence-corrected chi connectivity index (χ4v) is 2.92. The highest BCUT2D eigenvalue weighted by Gasteiger charge is 2.25. The summed E-state index contributed by atoms with van der Waals surface area (Å²) >= 11 is 0. The summed E-state index contributed by atoms with van der Waals surface area (Å²) < 4.78 is 11.3. The van der Waals surface area contributed by atoms with Gasteiger partial charge >= 0.3 is 0 Å². The summed E-state index contributed by atoms with van der Waals surface area (Å²) in [5, 5.41) is 8.95. The lowest BCUT2D eigenvalue weighted by atomic mass is 9.77. The van der Waals surface area contributed by atoms with Crippen molar-refractivity contribution < 1.29 is 14.6 Å². The third-order valence-electron chi connectivity index (χ3n) is 4.43. The molecule has 3 nitrogen and oxygen atoms in total. The molecule has 25 heavy (non-hydrogen) atoms. The molecule has 2 rings (SSSR count). The summed E-state index contributed by atoms with van der Waals surface area (Å²) in [4.78, 5) is 0. The van der Waals surface area contributed by atoms with E-state index >= 15 is 0 Å². The number of aryl methyl sites for hydroxylation is 2. The molecule has 0 saturated heterocycles. The number of rotatable bonds is 5. The van der Waals surface area contributed by atoms with Gasteiger partial charge in [-0.3, -0.25) is 0 Å². The Morgan fingerprint density at radius 1 is 0.800 bits per heavy atom. The molecule has 0 radical (unpaired) electrons. The molecule has 3 heteroatoms. The molecule has 0 spiro atoms. The van der Waals surface area contributed by atoms with Crippen LogP contribution in [-0.4, -0.2) is 17.5 Å². The molecule has 1 N–H and O–H groups in total. The topological polar surface area (TPSA) is 38.7 Å². The minimum absolute atomic E-state index is 0.145. The van der Waals surface area contributed by atoms with Crippen molar-refractivity contribution >= 4 is 0 Å². The SMILES string of the molecule is Cc1cc(C(C)(C)c2ccc(OC(C)(C)C)c(C)c2)ccc1OCO. The Hall–Kier alpha value is -2.00. The van der Waals surface area contributed by atoms with E-state index in [1.165, 1.54) is 11.1 Å². The normalized spacial score (nSPS) is 12.2. The lowest BCUT2D eigenvalue weighted by Crippen LogP contribution is -2.24. The predicted molar refractivity (Wildman–Crippen MR) is 103 cm³/mol. The Bertz CT molecular complexity index is 739. The Kier molecular flexibility index (Phi) is 5.48. The maximum atomic E-state index is 8.95. The zero-order chi connectivity index (χ0) is 18.8. The number of benzene rings is 2. The average molecular weight is 342 g/mol. The maximum Gasteiger partial charge on any atom is 0.186 e. The van der Waals surface area contributed by atoms with Crippen LogP contribution < -0.4 is 9.47 Å². The molecule has 2 aromatic rings. The van der Waals surface area contributed by atoms with Gasteiger partial charge in [-0.2, -0.15) is 0 Å². The first kappa shape index (κ1) is 19.3. The van der Waals surface area contributed by atoms with Crippen LogP contribution in [0.15, 0.2) is 36.4 Å². The summed E-state index contributed by atoms with van der Waals surface area (Å²) in [6, 6.07) is 12.5. The molecular formula is C22H30O3. The Morgan fingerprint density at radius 2 is 1.28 bits per heavy atom. The first-order valence-corrected chi connectivity index (χ1v) is 8.69. The summed E-state index contributed by atoms with van der Waals surface area (Å²) in [6.45, 7) is 14.4. The molecule has 0 aromatic heterocycles. The third-order valence-corrected chi connectivity index (χ3v) is 4.43. The molecule has 0 bridgehead atoms. The van der Waals surface area contributed by atoms with E-state index in [0.29, 0.717) is 5.75 Å². The molecule has 2 aromatic carbocycles.